The first-order valence-corrected chi connectivity index (χ1v) is 7.03. The monoisotopic (exact) mass is 241 g/mol. The molecule has 1 aliphatic rings. The second-order valence-corrected chi connectivity index (χ2v) is 5.47. The van der Waals surface area contributed by atoms with Crippen LogP contribution in [0, 0.1) is 11.3 Å². The highest BCUT2D eigenvalue weighted by Crippen LogP contribution is 2.33. The van der Waals surface area contributed by atoms with E-state index in [4.69, 9.17) is 0 Å². The second-order valence-electron chi connectivity index (χ2n) is 5.47. The van der Waals surface area contributed by atoms with Gasteiger partial charge >= 0.3 is 5.97 Å². The fourth-order valence-electron chi connectivity index (χ4n) is 2.49. The third-order valence-corrected chi connectivity index (χ3v) is 4.09. The molecule has 0 spiro atoms. The van der Waals surface area contributed by atoms with E-state index in [1.54, 1.807) is 0 Å². The number of rotatable bonds is 9. The van der Waals surface area contributed by atoms with Gasteiger partial charge < -0.3 is 10.0 Å². The van der Waals surface area contributed by atoms with E-state index in [0.717, 1.165) is 44.8 Å². The van der Waals surface area contributed by atoms with E-state index in [9.17, 15) is 9.90 Å². The van der Waals surface area contributed by atoms with Gasteiger partial charge in [-0.15, -0.1) is 0 Å². The normalized spacial score (nSPS) is 16.5. The van der Waals surface area contributed by atoms with Crippen molar-refractivity contribution in [1.82, 2.24) is 4.90 Å². The average Bonchev–Trinajstić information content (AvgIpc) is 3.09. The number of nitrogens with zero attached hydrogens (tertiary/aromatic N) is 1. The fourth-order valence-corrected chi connectivity index (χ4v) is 2.49. The van der Waals surface area contributed by atoms with Gasteiger partial charge in [-0.3, -0.25) is 4.79 Å². The van der Waals surface area contributed by atoms with Gasteiger partial charge in [0, 0.05) is 13.1 Å². The van der Waals surface area contributed by atoms with Gasteiger partial charge in [0.2, 0.25) is 0 Å². The van der Waals surface area contributed by atoms with Crippen molar-refractivity contribution in [1.29, 1.82) is 0 Å². The summed E-state index contributed by atoms with van der Waals surface area (Å²) in [5, 5.41) is 9.46. The van der Waals surface area contributed by atoms with E-state index in [0.29, 0.717) is 0 Å². The Morgan fingerprint density at radius 3 is 2.24 bits per heavy atom. The van der Waals surface area contributed by atoms with Crippen molar-refractivity contribution >= 4 is 5.97 Å². The van der Waals surface area contributed by atoms with Crippen LogP contribution in [0.4, 0.5) is 0 Å². The van der Waals surface area contributed by atoms with Crippen LogP contribution in [-0.2, 0) is 4.79 Å². The van der Waals surface area contributed by atoms with Crippen LogP contribution in [0.3, 0.4) is 0 Å². The zero-order valence-corrected chi connectivity index (χ0v) is 11.5. The van der Waals surface area contributed by atoms with Crippen molar-refractivity contribution in [3.63, 3.8) is 0 Å². The zero-order chi connectivity index (χ0) is 12.9. The summed E-state index contributed by atoms with van der Waals surface area (Å²) in [6.45, 7) is 9.02. The molecule has 0 atom stereocenters. The van der Waals surface area contributed by atoms with Crippen LogP contribution >= 0.6 is 0 Å². The minimum atomic E-state index is -0.626. The Balaban J connectivity index is 2.62. The molecule has 1 aliphatic carbocycles. The number of carboxylic acids is 1. The van der Waals surface area contributed by atoms with E-state index in [2.05, 4.69) is 11.8 Å². The standard InChI is InChI=1S/C14H27NO2/c1-4-9-15(10-12-7-8-12)11-14(5-2,6-3)13(16)17/h12H,4-11H2,1-3H3,(H,16,17). The zero-order valence-electron chi connectivity index (χ0n) is 11.5. The highest BCUT2D eigenvalue weighted by Gasteiger charge is 2.37. The molecule has 0 aromatic carbocycles. The molecular formula is C14H27NO2. The van der Waals surface area contributed by atoms with E-state index in [1.807, 2.05) is 13.8 Å². The van der Waals surface area contributed by atoms with E-state index in [1.165, 1.54) is 12.8 Å². The van der Waals surface area contributed by atoms with Crippen molar-refractivity contribution in [2.75, 3.05) is 19.6 Å². The number of carbonyl (C=O) groups is 1. The van der Waals surface area contributed by atoms with Gasteiger partial charge in [-0.05, 0) is 44.6 Å². The molecule has 3 nitrogen and oxygen atoms in total. The first-order chi connectivity index (χ1) is 8.07. The lowest BCUT2D eigenvalue weighted by Gasteiger charge is -2.33. The van der Waals surface area contributed by atoms with Crippen LogP contribution < -0.4 is 0 Å². The first kappa shape index (κ1) is 14.5. The molecule has 100 valence electrons. The average molecular weight is 241 g/mol. The molecule has 0 unspecified atom stereocenters. The molecule has 0 aromatic heterocycles. The van der Waals surface area contributed by atoms with E-state index >= 15 is 0 Å². The Kier molecular flexibility index (Phi) is 5.44. The summed E-state index contributed by atoms with van der Waals surface area (Å²) in [4.78, 5) is 13.9. The summed E-state index contributed by atoms with van der Waals surface area (Å²) < 4.78 is 0. The molecule has 17 heavy (non-hydrogen) atoms. The Morgan fingerprint density at radius 1 is 1.29 bits per heavy atom. The van der Waals surface area contributed by atoms with Crippen LogP contribution in [-0.4, -0.2) is 35.6 Å². The van der Waals surface area contributed by atoms with Crippen molar-refractivity contribution < 1.29 is 9.90 Å². The third kappa shape index (κ3) is 3.98. The van der Waals surface area contributed by atoms with Crippen LogP contribution in [0.1, 0.15) is 52.9 Å². The maximum absolute atomic E-state index is 11.5. The lowest BCUT2D eigenvalue weighted by Crippen LogP contribution is -2.43. The van der Waals surface area contributed by atoms with Crippen molar-refractivity contribution in [3.8, 4) is 0 Å². The second kappa shape index (κ2) is 6.39. The molecule has 0 heterocycles. The van der Waals surface area contributed by atoms with Gasteiger partial charge in [0.05, 0.1) is 5.41 Å². The maximum Gasteiger partial charge on any atom is 0.310 e. The number of hydrogen-bond donors (Lipinski definition) is 1. The number of carboxylic acid groups (broad SMARTS) is 1. The summed E-state index contributed by atoms with van der Waals surface area (Å²) in [6, 6.07) is 0. The minimum Gasteiger partial charge on any atom is -0.481 e. The highest BCUT2D eigenvalue weighted by molar-refractivity contribution is 5.74. The minimum absolute atomic E-state index is 0.538. The van der Waals surface area contributed by atoms with Crippen molar-refractivity contribution in [2.45, 2.75) is 52.9 Å². The Morgan fingerprint density at radius 2 is 1.88 bits per heavy atom. The molecular weight excluding hydrogens is 214 g/mol. The van der Waals surface area contributed by atoms with E-state index in [-0.39, 0.29) is 0 Å². The topological polar surface area (TPSA) is 40.5 Å². The predicted molar refractivity (Wildman–Crippen MR) is 70.1 cm³/mol. The quantitative estimate of drug-likeness (QED) is 0.674. The summed E-state index contributed by atoms with van der Waals surface area (Å²) >= 11 is 0. The van der Waals surface area contributed by atoms with Gasteiger partial charge in [0.15, 0.2) is 0 Å². The highest BCUT2D eigenvalue weighted by atomic mass is 16.4. The molecule has 0 aromatic rings. The van der Waals surface area contributed by atoms with Crippen LogP contribution in [0.2, 0.25) is 0 Å². The van der Waals surface area contributed by atoms with Crippen molar-refractivity contribution in [2.24, 2.45) is 11.3 Å². The third-order valence-electron chi connectivity index (χ3n) is 4.09. The molecule has 0 bridgehead atoms. The maximum atomic E-state index is 11.5. The molecule has 1 N–H and O–H groups in total. The smallest absolute Gasteiger partial charge is 0.310 e. The molecule has 0 radical (unpaired) electrons. The Hall–Kier alpha value is -0.570. The van der Waals surface area contributed by atoms with Crippen molar-refractivity contribution in [3.05, 3.63) is 0 Å². The molecule has 1 rings (SSSR count). The summed E-state index contributed by atoms with van der Waals surface area (Å²) in [5.74, 6) is 0.209. The van der Waals surface area contributed by atoms with Gasteiger partial charge in [-0.25, -0.2) is 0 Å². The van der Waals surface area contributed by atoms with Gasteiger partial charge in [-0.1, -0.05) is 20.8 Å². The largest absolute Gasteiger partial charge is 0.481 e. The van der Waals surface area contributed by atoms with E-state index < -0.39 is 11.4 Å². The van der Waals surface area contributed by atoms with Gasteiger partial charge in [0.25, 0.3) is 0 Å². The fraction of sp³-hybridized carbons (Fsp3) is 0.929. The van der Waals surface area contributed by atoms with Crippen LogP contribution in [0.25, 0.3) is 0 Å². The molecule has 1 saturated carbocycles. The molecule has 3 heteroatoms. The molecule has 0 saturated heterocycles. The lowest BCUT2D eigenvalue weighted by molar-refractivity contribution is -0.150. The SMILES string of the molecule is CCCN(CC1CC1)CC(CC)(CC)C(=O)O. The summed E-state index contributed by atoms with van der Waals surface area (Å²) in [5.41, 5.74) is -0.538. The van der Waals surface area contributed by atoms with Gasteiger partial charge in [-0.2, -0.15) is 0 Å². The number of aliphatic carboxylic acids is 1. The predicted octanol–water partition coefficient (Wildman–Crippen LogP) is 3.00. The van der Waals surface area contributed by atoms with Crippen LogP contribution in [0.5, 0.6) is 0 Å². The Bertz CT molecular complexity index is 245. The first-order valence-electron chi connectivity index (χ1n) is 7.03. The van der Waals surface area contributed by atoms with Gasteiger partial charge in [0.1, 0.15) is 0 Å². The van der Waals surface area contributed by atoms with Crippen LogP contribution in [0.15, 0.2) is 0 Å². The molecule has 0 aliphatic heterocycles. The summed E-state index contributed by atoms with van der Waals surface area (Å²) in [7, 11) is 0. The number of hydrogen-bond acceptors (Lipinski definition) is 2. The summed E-state index contributed by atoms with van der Waals surface area (Å²) in [6.07, 6.45) is 5.22. The Labute approximate surface area is 105 Å². The lowest BCUT2D eigenvalue weighted by atomic mass is 9.81. The molecule has 0 amide bonds. The molecule has 1 fully saturated rings.